The van der Waals surface area contributed by atoms with Crippen molar-refractivity contribution in [1.29, 1.82) is 0 Å². The molecule has 0 aromatic heterocycles. The van der Waals surface area contributed by atoms with Crippen molar-refractivity contribution in [3.8, 4) is 0 Å². The van der Waals surface area contributed by atoms with E-state index in [1.807, 2.05) is 91.9 Å². The summed E-state index contributed by atoms with van der Waals surface area (Å²) in [5.41, 5.74) is 2.98. The van der Waals surface area contributed by atoms with Gasteiger partial charge in [0.25, 0.3) is 5.91 Å². The van der Waals surface area contributed by atoms with Crippen molar-refractivity contribution < 1.29 is 4.79 Å². The molecule has 0 saturated carbocycles. The summed E-state index contributed by atoms with van der Waals surface area (Å²) in [5.74, 6) is -0.0275. The van der Waals surface area contributed by atoms with Crippen LogP contribution < -0.4 is 5.01 Å². The number of anilines is 1. The second-order valence-electron chi connectivity index (χ2n) is 6.86. The van der Waals surface area contributed by atoms with Gasteiger partial charge < -0.3 is 0 Å². The summed E-state index contributed by atoms with van der Waals surface area (Å²) >= 11 is 3.57. The highest BCUT2D eigenvalue weighted by Crippen LogP contribution is 2.39. The van der Waals surface area contributed by atoms with Gasteiger partial charge in [-0.3, -0.25) is 4.79 Å². The number of hydrogen-bond acceptors (Lipinski definition) is 2. The molecule has 0 spiro atoms. The lowest BCUT2D eigenvalue weighted by molar-refractivity contribution is -0.123. The summed E-state index contributed by atoms with van der Waals surface area (Å²) in [6.45, 7) is 2.01. The predicted octanol–water partition coefficient (Wildman–Crippen LogP) is 5.55. The SMILES string of the molecule is CC1(c2ccccc2)CC(c2ccccc2)=NN(c2ccccc2Br)C1=O. The molecule has 3 aromatic rings. The molecule has 134 valence electrons. The molecule has 1 atom stereocenters. The quantitative estimate of drug-likeness (QED) is 0.548. The average molecular weight is 419 g/mol. The highest BCUT2D eigenvalue weighted by atomic mass is 79.9. The molecule has 3 aromatic carbocycles. The van der Waals surface area contributed by atoms with Gasteiger partial charge in [0.15, 0.2) is 0 Å². The topological polar surface area (TPSA) is 32.7 Å². The maximum absolute atomic E-state index is 13.6. The molecule has 4 heteroatoms. The minimum Gasteiger partial charge on any atom is -0.272 e. The molecule has 0 saturated heterocycles. The molecule has 0 radical (unpaired) electrons. The van der Waals surface area contributed by atoms with Crippen LogP contribution in [0.3, 0.4) is 0 Å². The van der Waals surface area contributed by atoms with Gasteiger partial charge in [-0.05, 0) is 46.1 Å². The van der Waals surface area contributed by atoms with Crippen LogP contribution >= 0.6 is 15.9 Å². The number of carbonyl (C=O) groups excluding carboxylic acids is 1. The minimum absolute atomic E-state index is 0.0275. The molecular weight excluding hydrogens is 400 g/mol. The van der Waals surface area contributed by atoms with Crippen molar-refractivity contribution in [1.82, 2.24) is 0 Å². The Morgan fingerprint density at radius 3 is 2.15 bits per heavy atom. The molecule has 3 nitrogen and oxygen atoms in total. The highest BCUT2D eigenvalue weighted by molar-refractivity contribution is 9.10. The number of nitrogens with zero attached hydrogens (tertiary/aromatic N) is 2. The maximum Gasteiger partial charge on any atom is 0.258 e. The molecule has 27 heavy (non-hydrogen) atoms. The number of hydrazone groups is 1. The Hall–Kier alpha value is -2.72. The molecule has 1 aliphatic heterocycles. The van der Waals surface area contributed by atoms with Gasteiger partial charge >= 0.3 is 0 Å². The number of rotatable bonds is 3. The molecule has 0 aliphatic carbocycles. The number of para-hydroxylation sites is 1. The molecule has 0 bridgehead atoms. The van der Waals surface area contributed by atoms with Gasteiger partial charge in [-0.25, -0.2) is 0 Å². The van der Waals surface area contributed by atoms with E-state index in [0.717, 1.165) is 27.0 Å². The highest BCUT2D eigenvalue weighted by Gasteiger charge is 2.44. The summed E-state index contributed by atoms with van der Waals surface area (Å²) in [4.78, 5) is 13.6. The van der Waals surface area contributed by atoms with E-state index < -0.39 is 5.41 Å². The van der Waals surface area contributed by atoms with Gasteiger partial charge in [0.1, 0.15) is 0 Å². The fourth-order valence-electron chi connectivity index (χ4n) is 3.45. The van der Waals surface area contributed by atoms with Crippen LogP contribution in [0.5, 0.6) is 0 Å². The number of amides is 1. The molecule has 1 amide bonds. The van der Waals surface area contributed by atoms with Crippen LogP contribution in [0, 0.1) is 0 Å². The fraction of sp³-hybridized carbons (Fsp3) is 0.130. The Balaban J connectivity index is 1.89. The van der Waals surface area contributed by atoms with Crippen LogP contribution in [0.4, 0.5) is 5.69 Å². The van der Waals surface area contributed by atoms with Crippen LogP contribution in [0.2, 0.25) is 0 Å². The van der Waals surface area contributed by atoms with Crippen LogP contribution in [0.25, 0.3) is 0 Å². The van der Waals surface area contributed by atoms with E-state index in [1.165, 1.54) is 0 Å². The summed E-state index contributed by atoms with van der Waals surface area (Å²) in [5, 5.41) is 6.30. The van der Waals surface area contributed by atoms with E-state index in [9.17, 15) is 4.79 Å². The Morgan fingerprint density at radius 2 is 1.48 bits per heavy atom. The normalized spacial score (nSPS) is 19.7. The van der Waals surface area contributed by atoms with E-state index in [2.05, 4.69) is 15.9 Å². The molecule has 4 rings (SSSR count). The largest absolute Gasteiger partial charge is 0.272 e. The first-order valence-electron chi connectivity index (χ1n) is 8.87. The molecule has 1 unspecified atom stereocenters. The number of halogens is 1. The third-order valence-electron chi connectivity index (χ3n) is 5.00. The van der Waals surface area contributed by atoms with E-state index >= 15 is 0 Å². The third-order valence-corrected chi connectivity index (χ3v) is 5.68. The van der Waals surface area contributed by atoms with Crippen LogP contribution in [-0.4, -0.2) is 11.6 Å². The lowest BCUT2D eigenvalue weighted by Crippen LogP contribution is -2.48. The molecular formula is C23H19BrN2O. The van der Waals surface area contributed by atoms with Crippen molar-refractivity contribution in [2.24, 2.45) is 5.10 Å². The Kier molecular flexibility index (Phi) is 4.66. The van der Waals surface area contributed by atoms with Crippen LogP contribution in [0.15, 0.2) is 94.5 Å². The Labute approximate surface area is 167 Å². The van der Waals surface area contributed by atoms with Crippen molar-refractivity contribution in [3.05, 3.63) is 101 Å². The molecule has 1 aliphatic rings. The molecule has 0 fully saturated rings. The number of hydrogen-bond donors (Lipinski definition) is 0. The minimum atomic E-state index is -0.691. The first-order chi connectivity index (χ1) is 13.1. The van der Waals surface area contributed by atoms with E-state index in [0.29, 0.717) is 6.42 Å². The smallest absolute Gasteiger partial charge is 0.258 e. The lowest BCUT2D eigenvalue weighted by Gasteiger charge is -2.37. The third kappa shape index (κ3) is 3.21. The first kappa shape index (κ1) is 17.7. The average Bonchev–Trinajstić information content (AvgIpc) is 2.72. The van der Waals surface area contributed by atoms with Gasteiger partial charge in [-0.1, -0.05) is 72.8 Å². The standard InChI is InChI=1S/C23H19BrN2O/c1-23(18-12-6-3-7-13-18)16-20(17-10-4-2-5-11-17)25-26(22(23)27)21-15-9-8-14-19(21)24/h2-15H,16H2,1H3. The van der Waals surface area contributed by atoms with Crippen molar-refractivity contribution >= 4 is 33.2 Å². The fourth-order valence-corrected chi connectivity index (χ4v) is 3.91. The van der Waals surface area contributed by atoms with Gasteiger partial charge in [0.05, 0.1) is 16.8 Å². The second-order valence-corrected chi connectivity index (χ2v) is 7.71. The maximum atomic E-state index is 13.6. The van der Waals surface area contributed by atoms with E-state index in [1.54, 1.807) is 5.01 Å². The summed E-state index contributed by atoms with van der Waals surface area (Å²) in [6, 6.07) is 27.7. The summed E-state index contributed by atoms with van der Waals surface area (Å²) < 4.78 is 0.840. The van der Waals surface area contributed by atoms with E-state index in [-0.39, 0.29) is 5.91 Å². The van der Waals surface area contributed by atoms with Crippen LogP contribution in [-0.2, 0) is 10.2 Å². The molecule has 0 N–H and O–H groups in total. The number of carbonyl (C=O) groups is 1. The summed E-state index contributed by atoms with van der Waals surface area (Å²) in [7, 11) is 0. The zero-order chi connectivity index (χ0) is 18.9. The lowest BCUT2D eigenvalue weighted by atomic mass is 9.75. The second kappa shape index (κ2) is 7.12. The van der Waals surface area contributed by atoms with Crippen molar-refractivity contribution in [2.75, 3.05) is 5.01 Å². The van der Waals surface area contributed by atoms with Gasteiger partial charge in [0, 0.05) is 10.9 Å². The predicted molar refractivity (Wildman–Crippen MR) is 113 cm³/mol. The number of benzene rings is 3. The van der Waals surface area contributed by atoms with E-state index in [4.69, 9.17) is 5.10 Å². The van der Waals surface area contributed by atoms with Crippen molar-refractivity contribution in [2.45, 2.75) is 18.8 Å². The Morgan fingerprint density at radius 1 is 0.889 bits per heavy atom. The Bertz CT molecular complexity index is 1000. The first-order valence-corrected chi connectivity index (χ1v) is 9.66. The van der Waals surface area contributed by atoms with Gasteiger partial charge in [-0.15, -0.1) is 0 Å². The zero-order valence-electron chi connectivity index (χ0n) is 15.0. The van der Waals surface area contributed by atoms with Gasteiger partial charge in [0.2, 0.25) is 0 Å². The molecule has 1 heterocycles. The van der Waals surface area contributed by atoms with Crippen LogP contribution in [0.1, 0.15) is 24.5 Å². The van der Waals surface area contributed by atoms with Gasteiger partial charge in [-0.2, -0.15) is 10.1 Å². The zero-order valence-corrected chi connectivity index (χ0v) is 16.6. The van der Waals surface area contributed by atoms with Crippen molar-refractivity contribution in [3.63, 3.8) is 0 Å². The summed E-state index contributed by atoms with van der Waals surface area (Å²) in [6.07, 6.45) is 0.556. The monoisotopic (exact) mass is 418 g/mol.